The lowest BCUT2D eigenvalue weighted by Crippen LogP contribution is -2.57. The molecular formula is C15H22O3. The van der Waals surface area contributed by atoms with Crippen LogP contribution in [0.1, 0.15) is 46.0 Å². The van der Waals surface area contributed by atoms with Crippen LogP contribution in [0, 0.1) is 17.3 Å². The molecule has 5 atom stereocenters. The molecule has 1 aliphatic heterocycles. The molecule has 0 spiro atoms. The van der Waals surface area contributed by atoms with Crippen LogP contribution in [0.25, 0.3) is 0 Å². The molecular weight excluding hydrogens is 228 g/mol. The summed E-state index contributed by atoms with van der Waals surface area (Å²) in [7, 11) is 0. The van der Waals surface area contributed by atoms with E-state index in [1.54, 1.807) is 0 Å². The summed E-state index contributed by atoms with van der Waals surface area (Å²) in [6.45, 7) is 8.27. The average Bonchev–Trinajstić information content (AvgIpc) is 2.53. The molecule has 1 N–H and O–H groups in total. The third-order valence-electron chi connectivity index (χ3n) is 5.70. The molecule has 5 unspecified atom stereocenters. The van der Waals surface area contributed by atoms with Gasteiger partial charge in [-0.1, -0.05) is 33.3 Å². The monoisotopic (exact) mass is 250 g/mol. The molecule has 0 bridgehead atoms. The van der Waals surface area contributed by atoms with Gasteiger partial charge < -0.3 is 9.84 Å². The Kier molecular flexibility index (Phi) is 2.44. The minimum atomic E-state index is -1.10. The lowest BCUT2D eigenvalue weighted by molar-refractivity contribution is -0.171. The zero-order valence-corrected chi connectivity index (χ0v) is 11.2. The van der Waals surface area contributed by atoms with E-state index in [0.29, 0.717) is 12.3 Å². The van der Waals surface area contributed by atoms with Crippen LogP contribution in [-0.4, -0.2) is 22.8 Å². The molecule has 2 saturated carbocycles. The number of carbonyl (C=O) groups excluding carboxylic acids is 1. The maximum Gasteiger partial charge on any atom is 0.336 e. The SMILES string of the molecule is C=C1C(=O)OC2C3C(C)CCCC3(C)CCC12O. The van der Waals surface area contributed by atoms with Gasteiger partial charge in [0.25, 0.3) is 0 Å². The molecule has 100 valence electrons. The largest absolute Gasteiger partial charge is 0.455 e. The van der Waals surface area contributed by atoms with Gasteiger partial charge in [0.2, 0.25) is 0 Å². The Bertz CT molecular complexity index is 416. The average molecular weight is 250 g/mol. The first-order valence-corrected chi connectivity index (χ1v) is 7.01. The third-order valence-corrected chi connectivity index (χ3v) is 5.70. The molecule has 0 amide bonds. The van der Waals surface area contributed by atoms with Gasteiger partial charge in [-0.05, 0) is 30.6 Å². The van der Waals surface area contributed by atoms with Crippen molar-refractivity contribution in [2.75, 3.05) is 0 Å². The first kappa shape index (κ1) is 12.2. The second-order valence-corrected chi connectivity index (χ2v) is 6.78. The highest BCUT2D eigenvalue weighted by Crippen LogP contribution is 2.58. The topological polar surface area (TPSA) is 46.5 Å². The maximum absolute atomic E-state index is 11.7. The second kappa shape index (κ2) is 3.60. The highest BCUT2D eigenvalue weighted by molar-refractivity contribution is 5.93. The number of carbonyl (C=O) groups is 1. The highest BCUT2D eigenvalue weighted by Gasteiger charge is 2.63. The first-order chi connectivity index (χ1) is 8.38. The van der Waals surface area contributed by atoms with Crippen molar-refractivity contribution in [1.82, 2.24) is 0 Å². The predicted octanol–water partition coefficient (Wildman–Crippen LogP) is 2.44. The molecule has 1 heterocycles. The number of rotatable bonds is 0. The normalized spacial score (nSPS) is 51.6. The number of fused-ring (bicyclic) bond motifs is 3. The molecule has 0 aromatic rings. The minimum Gasteiger partial charge on any atom is -0.455 e. The molecule has 3 fully saturated rings. The van der Waals surface area contributed by atoms with Crippen LogP contribution in [0.2, 0.25) is 0 Å². The summed E-state index contributed by atoms with van der Waals surface area (Å²) >= 11 is 0. The van der Waals surface area contributed by atoms with Crippen LogP contribution in [0.15, 0.2) is 12.2 Å². The van der Waals surface area contributed by atoms with Crippen LogP contribution in [0.3, 0.4) is 0 Å². The van der Waals surface area contributed by atoms with Crippen molar-refractivity contribution in [1.29, 1.82) is 0 Å². The summed E-state index contributed by atoms with van der Waals surface area (Å²) < 4.78 is 5.50. The van der Waals surface area contributed by atoms with E-state index in [4.69, 9.17) is 4.74 Å². The lowest BCUT2D eigenvalue weighted by atomic mass is 9.52. The van der Waals surface area contributed by atoms with E-state index in [1.165, 1.54) is 12.8 Å². The van der Waals surface area contributed by atoms with Crippen molar-refractivity contribution in [2.24, 2.45) is 17.3 Å². The van der Waals surface area contributed by atoms with E-state index in [1.807, 2.05) is 0 Å². The summed E-state index contributed by atoms with van der Waals surface area (Å²) in [6, 6.07) is 0. The summed E-state index contributed by atoms with van der Waals surface area (Å²) in [5.41, 5.74) is -0.626. The Balaban J connectivity index is 2.02. The van der Waals surface area contributed by atoms with Gasteiger partial charge in [-0.2, -0.15) is 0 Å². The van der Waals surface area contributed by atoms with Gasteiger partial charge in [-0.3, -0.25) is 0 Å². The Morgan fingerprint density at radius 2 is 2.11 bits per heavy atom. The fourth-order valence-electron chi connectivity index (χ4n) is 4.59. The quantitative estimate of drug-likeness (QED) is 0.530. The van der Waals surface area contributed by atoms with Crippen molar-refractivity contribution in [3.63, 3.8) is 0 Å². The fraction of sp³-hybridized carbons (Fsp3) is 0.800. The second-order valence-electron chi connectivity index (χ2n) is 6.78. The van der Waals surface area contributed by atoms with Gasteiger partial charge >= 0.3 is 5.97 Å². The Morgan fingerprint density at radius 1 is 1.39 bits per heavy atom. The molecule has 3 nitrogen and oxygen atoms in total. The van der Waals surface area contributed by atoms with Crippen LogP contribution >= 0.6 is 0 Å². The van der Waals surface area contributed by atoms with Crippen LogP contribution in [-0.2, 0) is 9.53 Å². The van der Waals surface area contributed by atoms with Gasteiger partial charge in [-0.15, -0.1) is 0 Å². The molecule has 2 aliphatic carbocycles. The Morgan fingerprint density at radius 3 is 2.83 bits per heavy atom. The van der Waals surface area contributed by atoms with Gasteiger partial charge in [0.05, 0.1) is 5.57 Å². The van der Waals surface area contributed by atoms with Crippen molar-refractivity contribution < 1.29 is 14.6 Å². The van der Waals surface area contributed by atoms with Crippen molar-refractivity contribution in [2.45, 2.75) is 57.7 Å². The third kappa shape index (κ3) is 1.37. The highest BCUT2D eigenvalue weighted by atomic mass is 16.6. The predicted molar refractivity (Wildman–Crippen MR) is 67.8 cm³/mol. The number of ether oxygens (including phenoxy) is 1. The van der Waals surface area contributed by atoms with E-state index in [2.05, 4.69) is 20.4 Å². The lowest BCUT2D eigenvalue weighted by Gasteiger charge is -2.54. The smallest absolute Gasteiger partial charge is 0.336 e. The van der Waals surface area contributed by atoms with Crippen molar-refractivity contribution >= 4 is 5.97 Å². The van der Waals surface area contributed by atoms with Crippen LogP contribution in [0.5, 0.6) is 0 Å². The van der Waals surface area contributed by atoms with Gasteiger partial charge in [0.15, 0.2) is 0 Å². The van der Waals surface area contributed by atoms with Crippen LogP contribution < -0.4 is 0 Å². The fourth-order valence-corrected chi connectivity index (χ4v) is 4.59. The van der Waals surface area contributed by atoms with Crippen molar-refractivity contribution in [3.8, 4) is 0 Å². The van der Waals surface area contributed by atoms with E-state index in [0.717, 1.165) is 12.8 Å². The summed E-state index contributed by atoms with van der Waals surface area (Å²) in [6.07, 6.45) is 4.79. The molecule has 0 aromatic carbocycles. The van der Waals surface area contributed by atoms with E-state index in [-0.39, 0.29) is 23.0 Å². The van der Waals surface area contributed by atoms with Gasteiger partial charge in [0.1, 0.15) is 11.7 Å². The van der Waals surface area contributed by atoms with Gasteiger partial charge in [-0.25, -0.2) is 4.79 Å². The number of aliphatic hydroxyl groups is 1. The summed E-state index contributed by atoms with van der Waals surface area (Å²) in [4.78, 5) is 11.7. The molecule has 1 saturated heterocycles. The van der Waals surface area contributed by atoms with E-state index >= 15 is 0 Å². The van der Waals surface area contributed by atoms with Crippen LogP contribution in [0.4, 0.5) is 0 Å². The number of hydrogen-bond acceptors (Lipinski definition) is 3. The molecule has 3 aliphatic rings. The standard InChI is InChI=1S/C15H22O3/c1-9-5-4-6-14(3)7-8-15(17)10(2)13(16)18-12(15)11(9)14/h9,11-12,17H,2,4-8H2,1,3H3. The minimum absolute atomic E-state index is 0.208. The summed E-state index contributed by atoms with van der Waals surface area (Å²) in [5, 5.41) is 10.8. The molecule has 0 aromatic heterocycles. The Hall–Kier alpha value is -0.830. The first-order valence-electron chi connectivity index (χ1n) is 7.01. The Labute approximate surface area is 108 Å². The summed E-state index contributed by atoms with van der Waals surface area (Å²) in [5.74, 6) is 0.372. The molecule has 0 radical (unpaired) electrons. The zero-order valence-electron chi connectivity index (χ0n) is 11.2. The maximum atomic E-state index is 11.7. The molecule has 3 heteroatoms. The zero-order chi connectivity index (χ0) is 13.1. The van der Waals surface area contributed by atoms with E-state index in [9.17, 15) is 9.90 Å². The van der Waals surface area contributed by atoms with E-state index < -0.39 is 11.6 Å². The number of hydrogen-bond donors (Lipinski definition) is 1. The molecule has 18 heavy (non-hydrogen) atoms. The van der Waals surface area contributed by atoms with Crippen molar-refractivity contribution in [3.05, 3.63) is 12.2 Å². The molecule has 3 rings (SSSR count). The number of esters is 1. The van der Waals surface area contributed by atoms with Gasteiger partial charge in [0, 0.05) is 5.92 Å².